The number of carbonyl (C=O) groups is 1. The summed E-state index contributed by atoms with van der Waals surface area (Å²) in [4.78, 5) is 13.5. The first-order valence-electron chi connectivity index (χ1n) is 10.3. The highest BCUT2D eigenvalue weighted by molar-refractivity contribution is 6.30. The first-order valence-corrected chi connectivity index (χ1v) is 10.7. The zero-order valence-corrected chi connectivity index (χ0v) is 17.5. The fraction of sp³-hybridized carbons (Fsp3) is 0.192. The van der Waals surface area contributed by atoms with Crippen LogP contribution in [-0.2, 0) is 4.79 Å². The Hall–Kier alpha value is -3.04. The van der Waals surface area contributed by atoms with Crippen LogP contribution in [0.5, 0.6) is 0 Å². The molecule has 150 valence electrons. The molecule has 0 radical (unpaired) electrons. The first kappa shape index (κ1) is 19.0. The fourth-order valence-corrected chi connectivity index (χ4v) is 4.60. The van der Waals surface area contributed by atoms with Gasteiger partial charge in [0.1, 0.15) is 0 Å². The molecule has 0 saturated carbocycles. The minimum absolute atomic E-state index is 0.181. The topological polar surface area (TPSA) is 41.1 Å². The van der Waals surface area contributed by atoms with E-state index in [1.807, 2.05) is 42.5 Å². The number of hydrogen-bond donors (Lipinski definition) is 2. The molecule has 3 nitrogen and oxygen atoms in total. The van der Waals surface area contributed by atoms with Gasteiger partial charge in [-0.2, -0.15) is 0 Å². The molecule has 5 rings (SSSR count). The second kappa shape index (κ2) is 7.66. The molecule has 0 fully saturated rings. The van der Waals surface area contributed by atoms with Gasteiger partial charge in [-0.3, -0.25) is 4.79 Å². The molecule has 4 heteroatoms. The van der Waals surface area contributed by atoms with Gasteiger partial charge < -0.3 is 10.6 Å². The zero-order chi connectivity index (χ0) is 20.7. The van der Waals surface area contributed by atoms with Gasteiger partial charge in [0.25, 0.3) is 0 Å². The second-order valence-electron chi connectivity index (χ2n) is 8.13. The zero-order valence-electron chi connectivity index (χ0n) is 16.8. The van der Waals surface area contributed by atoms with E-state index in [-0.39, 0.29) is 17.7 Å². The van der Waals surface area contributed by atoms with Crippen molar-refractivity contribution in [3.63, 3.8) is 0 Å². The van der Waals surface area contributed by atoms with E-state index in [4.69, 9.17) is 11.6 Å². The number of carbonyl (C=O) groups excluding carboxylic acids is 1. The van der Waals surface area contributed by atoms with E-state index in [1.165, 1.54) is 11.1 Å². The number of para-hydroxylation sites is 2. The standard InChI is InChI=1S/C26H23ClN2O/c1-16-6-8-17(9-7-16)19-14-23-25(24(30)15-19)26(18-10-12-20(27)13-11-18)29-22-5-3-2-4-21(22)28-23/h2-13,19,26,28-29H,14-15H2,1H3. The predicted octanol–water partition coefficient (Wildman–Crippen LogP) is 6.63. The molecule has 0 aromatic heterocycles. The molecule has 0 saturated heterocycles. The Morgan fingerprint density at radius 1 is 0.833 bits per heavy atom. The van der Waals surface area contributed by atoms with Gasteiger partial charge in [-0.25, -0.2) is 0 Å². The fourth-order valence-electron chi connectivity index (χ4n) is 4.47. The molecule has 0 amide bonds. The Balaban J connectivity index is 1.60. The van der Waals surface area contributed by atoms with Crippen LogP contribution in [-0.4, -0.2) is 5.78 Å². The van der Waals surface area contributed by atoms with Gasteiger partial charge in [0.2, 0.25) is 0 Å². The van der Waals surface area contributed by atoms with Crippen molar-refractivity contribution in [2.75, 3.05) is 10.6 Å². The molecule has 2 unspecified atom stereocenters. The SMILES string of the molecule is Cc1ccc(C2CC(=O)C3=C(C2)Nc2ccccc2NC3c2ccc(Cl)cc2)cc1. The molecule has 0 bridgehead atoms. The summed E-state index contributed by atoms with van der Waals surface area (Å²) in [6, 6.07) is 24.2. The van der Waals surface area contributed by atoms with Crippen molar-refractivity contribution in [1.29, 1.82) is 0 Å². The third-order valence-electron chi connectivity index (χ3n) is 6.06. The Morgan fingerprint density at radius 2 is 1.50 bits per heavy atom. The summed E-state index contributed by atoms with van der Waals surface area (Å²) in [5.74, 6) is 0.370. The Labute approximate surface area is 181 Å². The maximum Gasteiger partial charge on any atom is 0.163 e. The largest absolute Gasteiger partial charge is 0.372 e. The number of anilines is 2. The average molecular weight is 415 g/mol. The van der Waals surface area contributed by atoms with Crippen LogP contribution in [0, 0.1) is 6.92 Å². The number of halogens is 1. The molecule has 1 aliphatic carbocycles. The summed E-state index contributed by atoms with van der Waals surface area (Å²) in [6.45, 7) is 2.09. The smallest absolute Gasteiger partial charge is 0.163 e. The predicted molar refractivity (Wildman–Crippen MR) is 123 cm³/mol. The lowest BCUT2D eigenvalue weighted by Crippen LogP contribution is -2.26. The number of hydrogen-bond acceptors (Lipinski definition) is 3. The van der Waals surface area contributed by atoms with Crippen LogP contribution in [0.2, 0.25) is 5.02 Å². The molecule has 2 atom stereocenters. The summed E-state index contributed by atoms with van der Waals surface area (Å²) in [5, 5.41) is 7.88. The van der Waals surface area contributed by atoms with Gasteiger partial charge in [0.05, 0.1) is 17.4 Å². The number of ketones is 1. The number of aryl methyl sites for hydroxylation is 1. The number of allylic oxidation sites excluding steroid dienone is 1. The summed E-state index contributed by atoms with van der Waals surface area (Å²) < 4.78 is 0. The number of fused-ring (bicyclic) bond motifs is 1. The number of rotatable bonds is 2. The Kier molecular flexibility index (Phi) is 4.84. The lowest BCUT2D eigenvalue weighted by atomic mass is 9.78. The molecular weight excluding hydrogens is 392 g/mol. The van der Waals surface area contributed by atoms with Crippen molar-refractivity contribution in [3.05, 3.63) is 106 Å². The van der Waals surface area contributed by atoms with Crippen molar-refractivity contribution in [3.8, 4) is 0 Å². The molecule has 1 aliphatic heterocycles. The quantitative estimate of drug-likeness (QED) is 0.494. The summed E-state index contributed by atoms with van der Waals surface area (Å²) >= 11 is 6.12. The highest BCUT2D eigenvalue weighted by Crippen LogP contribution is 2.44. The van der Waals surface area contributed by atoms with Gasteiger partial charge in [-0.1, -0.05) is 65.7 Å². The van der Waals surface area contributed by atoms with E-state index in [1.54, 1.807) is 0 Å². The first-order chi connectivity index (χ1) is 14.6. The second-order valence-corrected chi connectivity index (χ2v) is 8.57. The molecule has 0 spiro atoms. The molecule has 3 aromatic rings. The lowest BCUT2D eigenvalue weighted by Gasteiger charge is -2.30. The van der Waals surface area contributed by atoms with Crippen LogP contribution < -0.4 is 10.6 Å². The third-order valence-corrected chi connectivity index (χ3v) is 6.31. The monoisotopic (exact) mass is 414 g/mol. The molecule has 30 heavy (non-hydrogen) atoms. The van der Waals surface area contributed by atoms with Crippen LogP contribution in [0.3, 0.4) is 0 Å². The number of benzene rings is 3. The van der Waals surface area contributed by atoms with Crippen LogP contribution in [0.25, 0.3) is 0 Å². The lowest BCUT2D eigenvalue weighted by molar-refractivity contribution is -0.116. The summed E-state index contributed by atoms with van der Waals surface area (Å²) in [7, 11) is 0. The highest BCUT2D eigenvalue weighted by atomic mass is 35.5. The van der Waals surface area contributed by atoms with Gasteiger partial charge in [0, 0.05) is 22.7 Å². The average Bonchev–Trinajstić information content (AvgIpc) is 2.91. The Bertz CT molecular complexity index is 1130. The van der Waals surface area contributed by atoms with Gasteiger partial charge >= 0.3 is 0 Å². The minimum atomic E-state index is -0.208. The molecule has 3 aromatic carbocycles. The maximum absolute atomic E-state index is 13.5. The van der Waals surface area contributed by atoms with Gasteiger partial charge in [-0.05, 0) is 54.7 Å². The van der Waals surface area contributed by atoms with Gasteiger partial charge in [0.15, 0.2) is 5.78 Å². The van der Waals surface area contributed by atoms with Crippen LogP contribution in [0.1, 0.15) is 41.5 Å². The van der Waals surface area contributed by atoms with Crippen LogP contribution in [0.4, 0.5) is 11.4 Å². The number of Topliss-reactive ketones (excluding diaryl/α,β-unsaturated/α-hetero) is 1. The van der Waals surface area contributed by atoms with E-state index >= 15 is 0 Å². The van der Waals surface area contributed by atoms with E-state index in [0.29, 0.717) is 11.4 Å². The van der Waals surface area contributed by atoms with Crippen molar-refractivity contribution in [2.24, 2.45) is 0 Å². The summed E-state index contributed by atoms with van der Waals surface area (Å²) in [6.07, 6.45) is 1.33. The normalized spacial score (nSPS) is 20.5. The Morgan fingerprint density at radius 3 is 2.23 bits per heavy atom. The maximum atomic E-state index is 13.5. The van der Waals surface area contributed by atoms with Crippen molar-refractivity contribution >= 4 is 28.8 Å². The minimum Gasteiger partial charge on any atom is -0.372 e. The third kappa shape index (κ3) is 3.50. The van der Waals surface area contributed by atoms with E-state index in [9.17, 15) is 4.79 Å². The number of nitrogens with one attached hydrogen (secondary N) is 2. The van der Waals surface area contributed by atoms with E-state index in [2.05, 4.69) is 47.9 Å². The van der Waals surface area contributed by atoms with E-state index in [0.717, 1.165) is 34.6 Å². The van der Waals surface area contributed by atoms with Crippen LogP contribution in [0.15, 0.2) is 84.1 Å². The van der Waals surface area contributed by atoms with E-state index < -0.39 is 0 Å². The summed E-state index contributed by atoms with van der Waals surface area (Å²) in [5.41, 5.74) is 7.31. The molecule has 1 heterocycles. The van der Waals surface area contributed by atoms with Crippen molar-refractivity contribution in [2.45, 2.75) is 31.7 Å². The molecule has 2 N–H and O–H groups in total. The molecular formula is C26H23ClN2O. The van der Waals surface area contributed by atoms with Crippen molar-refractivity contribution in [1.82, 2.24) is 0 Å². The van der Waals surface area contributed by atoms with Crippen molar-refractivity contribution < 1.29 is 4.79 Å². The van der Waals surface area contributed by atoms with Crippen LogP contribution >= 0.6 is 11.6 Å². The van der Waals surface area contributed by atoms with Gasteiger partial charge in [-0.15, -0.1) is 0 Å². The molecule has 2 aliphatic rings. The highest BCUT2D eigenvalue weighted by Gasteiger charge is 2.35.